The van der Waals surface area contributed by atoms with E-state index in [4.69, 9.17) is 0 Å². The Balaban J connectivity index is 1.90. The number of carbonyl (C=O) groups excluding carboxylic acids is 1. The Bertz CT molecular complexity index is 641. The highest BCUT2D eigenvalue weighted by molar-refractivity contribution is 5.95. The van der Waals surface area contributed by atoms with E-state index in [9.17, 15) is 4.79 Å². The van der Waals surface area contributed by atoms with Crippen LogP contribution in [0.1, 0.15) is 23.6 Å². The van der Waals surface area contributed by atoms with Crippen LogP contribution in [-0.4, -0.2) is 22.4 Å². The lowest BCUT2D eigenvalue weighted by atomic mass is 10.00. The molecule has 94 valence electrons. The zero-order valence-corrected chi connectivity index (χ0v) is 10.4. The molecule has 0 N–H and O–H groups in total. The Morgan fingerprint density at radius 2 is 1.95 bits per heavy atom. The maximum Gasteiger partial charge on any atom is 0.244 e. The number of hydrogen-bond acceptors (Lipinski definition) is 3. The normalized spacial score (nSPS) is 21.6. The first-order valence-electron chi connectivity index (χ1n) is 6.45. The van der Waals surface area contributed by atoms with Crippen LogP contribution in [0.25, 0.3) is 0 Å². The molecule has 4 heteroatoms. The summed E-state index contributed by atoms with van der Waals surface area (Å²) in [4.78, 5) is 16.4. The Kier molecular flexibility index (Phi) is 2.19. The van der Waals surface area contributed by atoms with Gasteiger partial charge in [-0.25, -0.2) is 9.99 Å². The van der Waals surface area contributed by atoms with Crippen molar-refractivity contribution in [3.05, 3.63) is 59.8 Å². The van der Waals surface area contributed by atoms with E-state index in [0.29, 0.717) is 6.42 Å². The van der Waals surface area contributed by atoms with Crippen molar-refractivity contribution in [1.82, 2.24) is 9.99 Å². The molecule has 0 aliphatic carbocycles. The van der Waals surface area contributed by atoms with Gasteiger partial charge >= 0.3 is 0 Å². The summed E-state index contributed by atoms with van der Waals surface area (Å²) in [6.07, 6.45) is 2.31. The van der Waals surface area contributed by atoms with E-state index in [1.54, 1.807) is 11.2 Å². The number of carbonyl (C=O) groups is 1. The number of amides is 1. The maximum absolute atomic E-state index is 12.0. The number of hydrogen-bond donors (Lipinski definition) is 0. The number of pyridine rings is 1. The molecule has 4 rings (SSSR count). The highest BCUT2D eigenvalue weighted by atomic mass is 16.2. The van der Waals surface area contributed by atoms with E-state index >= 15 is 0 Å². The fourth-order valence-corrected chi connectivity index (χ4v) is 2.99. The Morgan fingerprint density at radius 1 is 1.11 bits per heavy atom. The van der Waals surface area contributed by atoms with Crippen LogP contribution in [0.5, 0.6) is 0 Å². The number of hydrazine groups is 1. The first-order valence-corrected chi connectivity index (χ1v) is 6.45. The molecule has 0 radical (unpaired) electrons. The van der Waals surface area contributed by atoms with Gasteiger partial charge in [-0.2, -0.15) is 5.01 Å². The van der Waals surface area contributed by atoms with E-state index in [1.165, 1.54) is 5.56 Å². The molecule has 19 heavy (non-hydrogen) atoms. The van der Waals surface area contributed by atoms with Crippen molar-refractivity contribution < 1.29 is 4.79 Å². The second kappa shape index (κ2) is 3.90. The maximum atomic E-state index is 12.0. The van der Waals surface area contributed by atoms with Gasteiger partial charge in [0.1, 0.15) is 0 Å². The number of benzene rings is 1. The molecule has 3 heterocycles. The molecule has 2 aliphatic heterocycles. The molecule has 0 spiro atoms. The van der Waals surface area contributed by atoms with Gasteiger partial charge in [-0.1, -0.05) is 36.4 Å². The van der Waals surface area contributed by atoms with Crippen molar-refractivity contribution in [1.29, 1.82) is 0 Å². The van der Waals surface area contributed by atoms with Gasteiger partial charge < -0.3 is 0 Å². The van der Waals surface area contributed by atoms with Crippen molar-refractivity contribution in [2.24, 2.45) is 0 Å². The van der Waals surface area contributed by atoms with Crippen LogP contribution in [0.2, 0.25) is 0 Å². The summed E-state index contributed by atoms with van der Waals surface area (Å²) in [5, 5.41) is 3.86. The van der Waals surface area contributed by atoms with Crippen molar-refractivity contribution in [3.8, 4) is 0 Å². The van der Waals surface area contributed by atoms with Gasteiger partial charge in [0.15, 0.2) is 5.82 Å². The van der Waals surface area contributed by atoms with Gasteiger partial charge in [0.05, 0.1) is 6.04 Å². The van der Waals surface area contributed by atoms with Crippen LogP contribution < -0.4 is 5.01 Å². The number of aromatic nitrogens is 1. The van der Waals surface area contributed by atoms with Crippen molar-refractivity contribution >= 4 is 11.7 Å². The lowest BCUT2D eigenvalue weighted by Gasteiger charge is -2.24. The zero-order chi connectivity index (χ0) is 12.8. The van der Waals surface area contributed by atoms with E-state index in [-0.39, 0.29) is 11.9 Å². The topological polar surface area (TPSA) is 36.4 Å². The van der Waals surface area contributed by atoms with Gasteiger partial charge in [-0.3, -0.25) is 4.79 Å². The molecule has 1 amide bonds. The quantitative estimate of drug-likeness (QED) is 0.779. The van der Waals surface area contributed by atoms with E-state index < -0.39 is 0 Å². The molecular weight excluding hydrogens is 238 g/mol. The molecule has 0 saturated carbocycles. The van der Waals surface area contributed by atoms with Gasteiger partial charge in [0.2, 0.25) is 5.91 Å². The van der Waals surface area contributed by atoms with Gasteiger partial charge in [0.25, 0.3) is 0 Å². The summed E-state index contributed by atoms with van der Waals surface area (Å²) in [6, 6.07) is 14.4. The Morgan fingerprint density at radius 3 is 2.79 bits per heavy atom. The van der Waals surface area contributed by atoms with Crippen molar-refractivity contribution in [2.45, 2.75) is 12.5 Å². The third-order valence-electron chi connectivity index (χ3n) is 3.77. The fourth-order valence-electron chi connectivity index (χ4n) is 2.99. The summed E-state index contributed by atoms with van der Waals surface area (Å²) in [5.41, 5.74) is 2.32. The molecule has 1 atom stereocenters. The van der Waals surface area contributed by atoms with Crippen LogP contribution >= 0.6 is 0 Å². The summed E-state index contributed by atoms with van der Waals surface area (Å²) in [6.45, 7) is 0.759. The van der Waals surface area contributed by atoms with Crippen LogP contribution in [0.4, 0.5) is 5.82 Å². The molecule has 1 aromatic heterocycles. The SMILES string of the molecule is O=C1CCN2C(c3ccccc3)c3cccnc3N12. The van der Waals surface area contributed by atoms with Crippen LogP contribution in [0.3, 0.4) is 0 Å². The van der Waals surface area contributed by atoms with E-state index in [1.807, 2.05) is 24.3 Å². The van der Waals surface area contributed by atoms with E-state index in [2.05, 4.69) is 28.2 Å². The highest BCUT2D eigenvalue weighted by Crippen LogP contribution is 2.44. The minimum atomic E-state index is 0.108. The van der Waals surface area contributed by atoms with Gasteiger partial charge in [-0.05, 0) is 11.6 Å². The smallest absolute Gasteiger partial charge is 0.244 e. The number of fused-ring (bicyclic) bond motifs is 3. The van der Waals surface area contributed by atoms with Crippen molar-refractivity contribution in [3.63, 3.8) is 0 Å². The summed E-state index contributed by atoms with van der Waals surface area (Å²) in [5.74, 6) is 0.928. The highest BCUT2D eigenvalue weighted by Gasteiger charge is 2.45. The molecule has 1 unspecified atom stereocenters. The summed E-state index contributed by atoms with van der Waals surface area (Å²) in [7, 11) is 0. The zero-order valence-electron chi connectivity index (χ0n) is 10.4. The van der Waals surface area contributed by atoms with Crippen LogP contribution in [0, 0.1) is 0 Å². The summed E-state index contributed by atoms with van der Waals surface area (Å²) < 4.78 is 0. The Hall–Kier alpha value is -2.20. The molecule has 1 aromatic carbocycles. The monoisotopic (exact) mass is 251 g/mol. The predicted octanol–water partition coefficient (Wildman–Crippen LogP) is 2.14. The number of rotatable bonds is 1. The molecule has 0 bridgehead atoms. The van der Waals surface area contributed by atoms with Crippen molar-refractivity contribution in [2.75, 3.05) is 11.6 Å². The second-order valence-corrected chi connectivity index (χ2v) is 4.85. The van der Waals surface area contributed by atoms with Gasteiger partial charge in [0, 0.05) is 24.7 Å². The lowest BCUT2D eigenvalue weighted by molar-refractivity contribution is -0.118. The second-order valence-electron chi connectivity index (χ2n) is 4.85. The van der Waals surface area contributed by atoms with Crippen LogP contribution in [0.15, 0.2) is 48.7 Å². The van der Waals surface area contributed by atoms with E-state index in [0.717, 1.165) is 17.9 Å². The molecular formula is C15H13N3O. The summed E-state index contributed by atoms with van der Waals surface area (Å²) >= 11 is 0. The molecule has 1 fully saturated rings. The lowest BCUT2D eigenvalue weighted by Crippen LogP contribution is -2.36. The largest absolute Gasteiger partial charge is 0.273 e. The molecule has 1 saturated heterocycles. The minimum absolute atomic E-state index is 0.108. The number of anilines is 1. The fraction of sp³-hybridized carbons (Fsp3) is 0.200. The van der Waals surface area contributed by atoms with Crippen LogP contribution in [-0.2, 0) is 4.79 Å². The molecule has 2 aliphatic rings. The first kappa shape index (κ1) is 10.7. The third kappa shape index (κ3) is 1.43. The van der Waals surface area contributed by atoms with Gasteiger partial charge in [-0.15, -0.1) is 0 Å². The molecule has 4 nitrogen and oxygen atoms in total. The average Bonchev–Trinajstić information content (AvgIpc) is 2.98. The standard InChI is InChI=1S/C15H13N3O/c19-13-8-10-17-14(11-5-2-1-3-6-11)12-7-4-9-16-15(12)18(13)17/h1-7,9,14H,8,10H2. The first-order chi connectivity index (χ1) is 9.36. The third-order valence-corrected chi connectivity index (χ3v) is 3.77. The minimum Gasteiger partial charge on any atom is -0.273 e. The average molecular weight is 251 g/mol. The molecule has 2 aromatic rings. The predicted molar refractivity (Wildman–Crippen MR) is 71.3 cm³/mol. The Labute approximate surface area is 111 Å². The number of nitrogens with zero attached hydrogens (tertiary/aromatic N) is 3.